The minimum absolute atomic E-state index is 0.00481. The Kier molecular flexibility index (Phi) is 8.28. The Bertz CT molecular complexity index is 957. The Morgan fingerprint density at radius 2 is 1.47 bits per heavy atom. The number of nitrogens with one attached hydrogen (secondary N) is 3. The summed E-state index contributed by atoms with van der Waals surface area (Å²) in [5, 5.41) is 3.39. The first kappa shape index (κ1) is 25.5. The molecule has 1 aromatic rings. The fraction of sp³-hybridized carbons (Fsp3) is 0.739. The van der Waals surface area contributed by atoms with Gasteiger partial charge in [-0.2, -0.15) is 0 Å². The van der Waals surface area contributed by atoms with Crippen LogP contribution in [0.1, 0.15) is 78.6 Å². The molecule has 1 aromatic carbocycles. The van der Waals surface area contributed by atoms with Gasteiger partial charge in [0.2, 0.25) is 20.0 Å². The highest BCUT2D eigenvalue weighted by Gasteiger charge is 2.32. The molecule has 0 unspecified atom stereocenters. The normalized spacial score (nSPS) is 23.7. The Labute approximate surface area is 194 Å². The zero-order valence-electron chi connectivity index (χ0n) is 19.6. The molecule has 0 atom stereocenters. The van der Waals surface area contributed by atoms with E-state index >= 15 is 0 Å². The molecule has 9 heteroatoms. The summed E-state index contributed by atoms with van der Waals surface area (Å²) in [5.74, 6) is 0.436. The summed E-state index contributed by atoms with van der Waals surface area (Å²) < 4.78 is 55.2. The van der Waals surface area contributed by atoms with Crippen molar-refractivity contribution >= 4 is 25.7 Å². The lowest BCUT2D eigenvalue weighted by Gasteiger charge is -2.31. The summed E-state index contributed by atoms with van der Waals surface area (Å²) in [4.78, 5) is 0.299. The third kappa shape index (κ3) is 6.92. The number of anilines is 1. The third-order valence-electron chi connectivity index (χ3n) is 6.64. The second kappa shape index (κ2) is 10.4. The molecule has 2 saturated carbocycles. The van der Waals surface area contributed by atoms with Gasteiger partial charge >= 0.3 is 0 Å². The van der Waals surface area contributed by atoms with Gasteiger partial charge in [0, 0.05) is 24.3 Å². The summed E-state index contributed by atoms with van der Waals surface area (Å²) in [6, 6.07) is 7.04. The molecule has 7 nitrogen and oxygen atoms in total. The van der Waals surface area contributed by atoms with E-state index in [0.717, 1.165) is 63.6 Å². The van der Waals surface area contributed by atoms with Crippen molar-refractivity contribution in [3.05, 3.63) is 24.3 Å². The zero-order chi connectivity index (χ0) is 23.4. The van der Waals surface area contributed by atoms with Gasteiger partial charge in [-0.3, -0.25) is 0 Å². The van der Waals surface area contributed by atoms with Gasteiger partial charge in [0.15, 0.2) is 0 Å². The molecular weight excluding hydrogens is 446 g/mol. The van der Waals surface area contributed by atoms with Crippen LogP contribution in [0.4, 0.5) is 5.69 Å². The van der Waals surface area contributed by atoms with Gasteiger partial charge in [-0.25, -0.2) is 26.3 Å². The summed E-state index contributed by atoms with van der Waals surface area (Å²) >= 11 is 0. The number of benzene rings is 1. The second-order valence-corrected chi connectivity index (χ2v) is 14.5. The highest BCUT2D eigenvalue weighted by atomic mass is 32.2. The summed E-state index contributed by atoms with van der Waals surface area (Å²) in [7, 11) is -6.85. The van der Waals surface area contributed by atoms with E-state index in [4.69, 9.17) is 0 Å². The van der Waals surface area contributed by atoms with Crippen molar-refractivity contribution in [3.8, 4) is 0 Å². The molecule has 0 heterocycles. The molecule has 182 valence electrons. The van der Waals surface area contributed by atoms with Gasteiger partial charge in [0.25, 0.3) is 0 Å². The predicted molar refractivity (Wildman–Crippen MR) is 130 cm³/mol. The standard InChI is InChI=1S/C23H39N3O4S2/c1-23(2,3)32(29,30)26-20-14-12-18(13-15-20)17-24-21-10-7-11-22(16-21)31(27,28)25-19-8-5-4-6-9-19/h7,10-11,16,18-20,24-26H,4-6,8-9,12-15,17H2,1-3H3. The van der Waals surface area contributed by atoms with Gasteiger partial charge in [-0.05, 0) is 83.4 Å². The highest BCUT2D eigenvalue weighted by molar-refractivity contribution is 7.90. The lowest BCUT2D eigenvalue weighted by Crippen LogP contribution is -2.46. The molecule has 2 fully saturated rings. The Balaban J connectivity index is 1.50. The average Bonchev–Trinajstić information content (AvgIpc) is 2.73. The van der Waals surface area contributed by atoms with Crippen LogP contribution in [0, 0.1) is 5.92 Å². The first-order chi connectivity index (χ1) is 15.0. The molecule has 3 rings (SSSR count). The second-order valence-electron chi connectivity index (χ2n) is 10.3. The van der Waals surface area contributed by atoms with Crippen LogP contribution in [0.15, 0.2) is 29.2 Å². The third-order valence-corrected chi connectivity index (χ3v) is 10.4. The van der Waals surface area contributed by atoms with Crippen molar-refractivity contribution in [1.82, 2.24) is 9.44 Å². The lowest BCUT2D eigenvalue weighted by atomic mass is 9.86. The van der Waals surface area contributed by atoms with Gasteiger partial charge in [-0.1, -0.05) is 25.3 Å². The predicted octanol–water partition coefficient (Wildman–Crippen LogP) is 3.99. The summed E-state index contributed by atoms with van der Waals surface area (Å²) in [5.41, 5.74) is 0.798. The van der Waals surface area contributed by atoms with E-state index in [2.05, 4.69) is 14.8 Å². The molecule has 0 amide bonds. The number of rotatable bonds is 8. The fourth-order valence-corrected chi connectivity index (χ4v) is 6.80. The summed E-state index contributed by atoms with van der Waals surface area (Å²) in [6.45, 7) is 5.88. The van der Waals surface area contributed by atoms with Gasteiger partial charge < -0.3 is 5.32 Å². The molecule has 0 aliphatic heterocycles. The SMILES string of the molecule is CC(C)(C)S(=O)(=O)NC1CCC(CNc2cccc(S(=O)(=O)NC3CCCCC3)c2)CC1. The van der Waals surface area contributed by atoms with Crippen molar-refractivity contribution in [2.24, 2.45) is 5.92 Å². The van der Waals surface area contributed by atoms with Crippen molar-refractivity contribution in [3.63, 3.8) is 0 Å². The molecule has 0 saturated heterocycles. The highest BCUT2D eigenvalue weighted by Crippen LogP contribution is 2.27. The molecule has 0 radical (unpaired) electrons. The lowest BCUT2D eigenvalue weighted by molar-refractivity contribution is 0.322. The molecular formula is C23H39N3O4S2. The maximum absolute atomic E-state index is 12.8. The first-order valence-electron chi connectivity index (χ1n) is 11.8. The number of hydrogen-bond acceptors (Lipinski definition) is 5. The van der Waals surface area contributed by atoms with Crippen LogP contribution in [0.3, 0.4) is 0 Å². The van der Waals surface area contributed by atoms with Crippen molar-refractivity contribution in [1.29, 1.82) is 0 Å². The summed E-state index contributed by atoms with van der Waals surface area (Å²) in [6.07, 6.45) is 8.67. The molecule has 32 heavy (non-hydrogen) atoms. The number of sulfonamides is 2. The van der Waals surface area contributed by atoms with E-state index in [1.54, 1.807) is 39.0 Å². The van der Waals surface area contributed by atoms with Crippen LogP contribution >= 0.6 is 0 Å². The minimum atomic E-state index is -3.52. The van der Waals surface area contributed by atoms with E-state index in [1.165, 1.54) is 6.42 Å². The maximum atomic E-state index is 12.8. The van der Waals surface area contributed by atoms with E-state index < -0.39 is 24.8 Å². The smallest absolute Gasteiger partial charge is 0.240 e. The van der Waals surface area contributed by atoms with Gasteiger partial charge in [-0.15, -0.1) is 0 Å². The van der Waals surface area contributed by atoms with Crippen LogP contribution in [0.25, 0.3) is 0 Å². The fourth-order valence-electron chi connectivity index (χ4n) is 4.42. The van der Waals surface area contributed by atoms with Crippen molar-refractivity contribution < 1.29 is 16.8 Å². The maximum Gasteiger partial charge on any atom is 0.240 e. The molecule has 0 spiro atoms. The van der Waals surface area contributed by atoms with Crippen molar-refractivity contribution in [2.45, 2.75) is 100 Å². The molecule has 2 aliphatic rings. The monoisotopic (exact) mass is 485 g/mol. The molecule has 3 N–H and O–H groups in total. The first-order valence-corrected chi connectivity index (χ1v) is 14.8. The van der Waals surface area contributed by atoms with Crippen LogP contribution < -0.4 is 14.8 Å². The molecule has 2 aliphatic carbocycles. The Morgan fingerprint density at radius 1 is 0.844 bits per heavy atom. The van der Waals surface area contributed by atoms with Crippen molar-refractivity contribution in [2.75, 3.05) is 11.9 Å². The van der Waals surface area contributed by atoms with E-state index in [0.29, 0.717) is 10.8 Å². The van der Waals surface area contributed by atoms with E-state index in [9.17, 15) is 16.8 Å². The van der Waals surface area contributed by atoms with Crippen LogP contribution in [-0.4, -0.2) is 40.2 Å². The van der Waals surface area contributed by atoms with Crippen LogP contribution in [-0.2, 0) is 20.0 Å². The minimum Gasteiger partial charge on any atom is -0.385 e. The van der Waals surface area contributed by atoms with E-state index in [-0.39, 0.29) is 12.1 Å². The number of hydrogen-bond donors (Lipinski definition) is 3. The molecule has 0 bridgehead atoms. The Morgan fingerprint density at radius 3 is 2.09 bits per heavy atom. The largest absolute Gasteiger partial charge is 0.385 e. The topological polar surface area (TPSA) is 104 Å². The zero-order valence-corrected chi connectivity index (χ0v) is 21.2. The van der Waals surface area contributed by atoms with E-state index in [1.807, 2.05) is 6.07 Å². The van der Waals surface area contributed by atoms with Crippen LogP contribution in [0.5, 0.6) is 0 Å². The van der Waals surface area contributed by atoms with Gasteiger partial charge in [0.1, 0.15) is 0 Å². The quantitative estimate of drug-likeness (QED) is 0.516. The molecule has 0 aromatic heterocycles. The van der Waals surface area contributed by atoms with Gasteiger partial charge in [0.05, 0.1) is 9.64 Å². The van der Waals surface area contributed by atoms with Crippen LogP contribution in [0.2, 0.25) is 0 Å². The average molecular weight is 486 g/mol. The Hall–Kier alpha value is -1.16.